The van der Waals surface area contributed by atoms with Gasteiger partial charge in [0.2, 0.25) is 5.13 Å². The Bertz CT molecular complexity index is 586. The van der Waals surface area contributed by atoms with Gasteiger partial charge in [-0.05, 0) is 24.6 Å². The van der Waals surface area contributed by atoms with Gasteiger partial charge in [0.15, 0.2) is 5.01 Å². The van der Waals surface area contributed by atoms with Crippen LogP contribution < -0.4 is 10.1 Å². The Hall–Kier alpha value is -1.83. The molecule has 1 aromatic carbocycles. The highest BCUT2D eigenvalue weighted by Gasteiger charge is 2.30. The number of anilines is 1. The summed E-state index contributed by atoms with van der Waals surface area (Å²) in [5.74, 6) is 0.156. The number of rotatable bonds is 6. The summed E-state index contributed by atoms with van der Waals surface area (Å²) in [4.78, 5) is 0. The molecule has 0 fully saturated rings. The average Bonchev–Trinajstić information content (AvgIpc) is 2.90. The van der Waals surface area contributed by atoms with Crippen LogP contribution >= 0.6 is 11.3 Å². The molecule has 0 saturated heterocycles. The van der Waals surface area contributed by atoms with Crippen LogP contribution in [-0.2, 0) is 12.8 Å². The van der Waals surface area contributed by atoms with Crippen molar-refractivity contribution in [3.05, 3.63) is 34.8 Å². The molecule has 0 amide bonds. The van der Waals surface area contributed by atoms with Crippen molar-refractivity contribution < 1.29 is 17.9 Å². The number of benzene rings is 1. The molecule has 0 aliphatic rings. The van der Waals surface area contributed by atoms with Gasteiger partial charge in [-0.15, -0.1) is 10.2 Å². The number of nitrogens with one attached hydrogen (secondary N) is 1. The Morgan fingerprint density at radius 2 is 2.10 bits per heavy atom. The third-order valence-electron chi connectivity index (χ3n) is 2.52. The number of ether oxygens (including phenoxy) is 1. The van der Waals surface area contributed by atoms with E-state index in [0.717, 1.165) is 25.1 Å². The van der Waals surface area contributed by atoms with Crippen molar-refractivity contribution in [3.63, 3.8) is 0 Å². The van der Waals surface area contributed by atoms with Crippen LogP contribution in [0.1, 0.15) is 23.9 Å². The summed E-state index contributed by atoms with van der Waals surface area (Å²) in [5, 5.41) is 12.2. The van der Waals surface area contributed by atoms with E-state index in [4.69, 9.17) is 4.74 Å². The lowest BCUT2D eigenvalue weighted by atomic mass is 10.2. The van der Waals surface area contributed by atoms with Gasteiger partial charge < -0.3 is 10.1 Å². The van der Waals surface area contributed by atoms with Gasteiger partial charge >= 0.3 is 6.18 Å². The van der Waals surface area contributed by atoms with Crippen molar-refractivity contribution in [3.8, 4) is 5.75 Å². The highest BCUT2D eigenvalue weighted by molar-refractivity contribution is 7.15. The van der Waals surface area contributed by atoms with E-state index in [2.05, 4.69) is 15.5 Å². The maximum absolute atomic E-state index is 12.6. The first kappa shape index (κ1) is 15.6. The summed E-state index contributed by atoms with van der Waals surface area (Å²) >= 11 is 1.32. The maximum atomic E-state index is 12.6. The van der Waals surface area contributed by atoms with Crippen molar-refractivity contribution in [1.29, 1.82) is 0 Å². The van der Waals surface area contributed by atoms with E-state index in [1.165, 1.54) is 23.5 Å². The van der Waals surface area contributed by atoms with E-state index in [-0.39, 0.29) is 12.4 Å². The number of alkyl halides is 3. The fraction of sp³-hybridized carbons (Fsp3) is 0.385. The Morgan fingerprint density at radius 1 is 1.29 bits per heavy atom. The monoisotopic (exact) mass is 317 g/mol. The molecule has 0 saturated carbocycles. The first-order valence-electron chi connectivity index (χ1n) is 6.35. The summed E-state index contributed by atoms with van der Waals surface area (Å²) in [5.41, 5.74) is -0.734. The zero-order valence-electron chi connectivity index (χ0n) is 11.3. The van der Waals surface area contributed by atoms with E-state index in [9.17, 15) is 13.2 Å². The summed E-state index contributed by atoms with van der Waals surface area (Å²) in [6.45, 7) is 2.92. The minimum absolute atomic E-state index is 0.0901. The molecule has 1 N–H and O–H groups in total. The largest absolute Gasteiger partial charge is 0.486 e. The van der Waals surface area contributed by atoms with E-state index in [1.54, 1.807) is 0 Å². The van der Waals surface area contributed by atoms with Gasteiger partial charge in [0.05, 0.1) is 5.56 Å². The third kappa shape index (κ3) is 4.59. The van der Waals surface area contributed by atoms with Gasteiger partial charge in [-0.2, -0.15) is 13.2 Å². The Labute approximate surface area is 124 Å². The van der Waals surface area contributed by atoms with Crippen molar-refractivity contribution in [1.82, 2.24) is 10.2 Å². The lowest BCUT2D eigenvalue weighted by Crippen LogP contribution is -2.05. The minimum atomic E-state index is -4.38. The van der Waals surface area contributed by atoms with Crippen molar-refractivity contribution in [2.24, 2.45) is 0 Å². The molecule has 114 valence electrons. The molecular formula is C13H14F3N3OS. The lowest BCUT2D eigenvalue weighted by Gasteiger charge is -2.09. The highest BCUT2D eigenvalue weighted by atomic mass is 32.1. The number of hydrogen-bond donors (Lipinski definition) is 1. The Balaban J connectivity index is 1.95. The van der Waals surface area contributed by atoms with Gasteiger partial charge in [-0.25, -0.2) is 0 Å². The highest BCUT2D eigenvalue weighted by Crippen LogP contribution is 2.31. The van der Waals surface area contributed by atoms with Gasteiger partial charge in [0.1, 0.15) is 12.4 Å². The van der Waals surface area contributed by atoms with E-state index in [1.807, 2.05) is 6.92 Å². The molecule has 0 atom stereocenters. The molecule has 1 aromatic heterocycles. The topological polar surface area (TPSA) is 47.0 Å². The van der Waals surface area contributed by atoms with Crippen LogP contribution in [0.4, 0.5) is 18.3 Å². The molecule has 0 unspecified atom stereocenters. The smallest absolute Gasteiger partial charge is 0.416 e. The second-order valence-corrected chi connectivity index (χ2v) is 5.30. The number of aromatic nitrogens is 2. The molecule has 0 bridgehead atoms. The molecule has 2 aromatic rings. The summed E-state index contributed by atoms with van der Waals surface area (Å²) in [7, 11) is 0. The van der Waals surface area contributed by atoms with E-state index < -0.39 is 11.7 Å². The van der Waals surface area contributed by atoms with Crippen molar-refractivity contribution in [2.45, 2.75) is 26.1 Å². The number of nitrogens with zero attached hydrogens (tertiary/aromatic N) is 2. The minimum Gasteiger partial charge on any atom is -0.486 e. The van der Waals surface area contributed by atoms with E-state index >= 15 is 0 Å². The standard InChI is InChI=1S/C13H14F3N3OS/c1-2-6-17-12-19-18-11(21-12)8-20-10-5-3-4-9(7-10)13(14,15)16/h3-5,7H,2,6,8H2,1H3,(H,17,19). The molecule has 1 heterocycles. The van der Waals surface area contributed by atoms with Crippen LogP contribution in [0.3, 0.4) is 0 Å². The maximum Gasteiger partial charge on any atom is 0.416 e. The number of halogens is 3. The first-order chi connectivity index (χ1) is 9.99. The summed E-state index contributed by atoms with van der Waals surface area (Å²) < 4.78 is 43.0. The van der Waals surface area contributed by atoms with Gasteiger partial charge in [-0.3, -0.25) is 0 Å². The molecule has 0 radical (unpaired) electrons. The zero-order chi connectivity index (χ0) is 15.3. The molecule has 0 aliphatic heterocycles. The predicted octanol–water partition coefficient (Wildman–Crippen LogP) is 3.96. The van der Waals surface area contributed by atoms with Crippen LogP contribution in [0.25, 0.3) is 0 Å². The Morgan fingerprint density at radius 3 is 2.81 bits per heavy atom. The molecule has 0 spiro atoms. The Kier molecular flexibility index (Phi) is 5.00. The average molecular weight is 317 g/mol. The van der Waals surface area contributed by atoms with E-state index in [0.29, 0.717) is 10.1 Å². The molecule has 21 heavy (non-hydrogen) atoms. The third-order valence-corrected chi connectivity index (χ3v) is 3.37. The lowest BCUT2D eigenvalue weighted by molar-refractivity contribution is -0.137. The first-order valence-corrected chi connectivity index (χ1v) is 7.17. The number of hydrogen-bond acceptors (Lipinski definition) is 5. The van der Waals surface area contributed by atoms with Crippen LogP contribution in [-0.4, -0.2) is 16.7 Å². The second-order valence-electron chi connectivity index (χ2n) is 4.24. The zero-order valence-corrected chi connectivity index (χ0v) is 12.1. The van der Waals surface area contributed by atoms with Crippen LogP contribution in [0.2, 0.25) is 0 Å². The van der Waals surface area contributed by atoms with Crippen LogP contribution in [0.5, 0.6) is 5.75 Å². The fourth-order valence-electron chi connectivity index (χ4n) is 1.52. The normalized spacial score (nSPS) is 11.4. The van der Waals surface area contributed by atoms with Gasteiger partial charge in [0.25, 0.3) is 0 Å². The van der Waals surface area contributed by atoms with Gasteiger partial charge in [0, 0.05) is 6.54 Å². The fourth-order valence-corrected chi connectivity index (χ4v) is 2.20. The summed E-state index contributed by atoms with van der Waals surface area (Å²) in [6, 6.07) is 4.76. The van der Waals surface area contributed by atoms with Crippen LogP contribution in [0, 0.1) is 0 Å². The molecule has 2 rings (SSSR count). The second kappa shape index (κ2) is 6.75. The predicted molar refractivity (Wildman–Crippen MR) is 74.5 cm³/mol. The SMILES string of the molecule is CCCNc1nnc(COc2cccc(C(F)(F)F)c2)s1. The van der Waals surface area contributed by atoms with Crippen molar-refractivity contribution in [2.75, 3.05) is 11.9 Å². The van der Waals surface area contributed by atoms with Crippen LogP contribution in [0.15, 0.2) is 24.3 Å². The van der Waals surface area contributed by atoms with Crippen molar-refractivity contribution >= 4 is 16.5 Å². The molecular weight excluding hydrogens is 303 g/mol. The molecule has 0 aliphatic carbocycles. The quantitative estimate of drug-likeness (QED) is 0.876. The van der Waals surface area contributed by atoms with Gasteiger partial charge in [-0.1, -0.05) is 24.3 Å². The molecule has 8 heteroatoms. The molecule has 4 nitrogen and oxygen atoms in total. The summed E-state index contributed by atoms with van der Waals surface area (Å²) in [6.07, 6.45) is -3.41.